The first-order valence-electron chi connectivity index (χ1n) is 9.66. The smallest absolute Gasteiger partial charge is 0.338 e. The zero-order valence-electron chi connectivity index (χ0n) is 17.5. The Hall–Kier alpha value is -3.94. The highest BCUT2D eigenvalue weighted by molar-refractivity contribution is 5.93. The van der Waals surface area contributed by atoms with Crippen LogP contribution in [0.15, 0.2) is 48.0 Å². The van der Waals surface area contributed by atoms with Crippen LogP contribution >= 0.6 is 0 Å². The summed E-state index contributed by atoms with van der Waals surface area (Å²) in [5.74, 6) is -0.911. The van der Waals surface area contributed by atoms with Crippen molar-refractivity contribution in [2.24, 2.45) is 0 Å². The summed E-state index contributed by atoms with van der Waals surface area (Å²) >= 11 is 0. The number of nitrogens with zero attached hydrogens (tertiary/aromatic N) is 2. The number of carbonyl (C=O) groups excluding carboxylic acids is 2. The zero-order chi connectivity index (χ0) is 22.6. The zero-order valence-corrected chi connectivity index (χ0v) is 17.5. The summed E-state index contributed by atoms with van der Waals surface area (Å²) in [4.78, 5) is 23.4. The molecule has 0 fully saturated rings. The van der Waals surface area contributed by atoms with Crippen molar-refractivity contribution in [2.45, 2.75) is 13.3 Å². The number of esters is 2. The summed E-state index contributed by atoms with van der Waals surface area (Å²) < 4.78 is 9.84. The lowest BCUT2D eigenvalue weighted by molar-refractivity contribution is 0.0506. The number of carbonyl (C=O) groups is 2. The van der Waals surface area contributed by atoms with Gasteiger partial charge in [-0.25, -0.2) is 9.59 Å². The quantitative estimate of drug-likeness (QED) is 0.379. The fourth-order valence-corrected chi connectivity index (χ4v) is 2.82. The van der Waals surface area contributed by atoms with Crippen molar-refractivity contribution < 1.29 is 19.1 Å². The average Bonchev–Trinajstić information content (AvgIpc) is 2.80. The molecule has 0 aliphatic rings. The second kappa shape index (κ2) is 11.9. The Balaban J connectivity index is 1.73. The van der Waals surface area contributed by atoms with Gasteiger partial charge in [0.2, 0.25) is 0 Å². The van der Waals surface area contributed by atoms with Gasteiger partial charge in [-0.1, -0.05) is 18.2 Å². The second-order valence-corrected chi connectivity index (χ2v) is 6.68. The first-order chi connectivity index (χ1) is 15.0. The molecule has 2 aromatic rings. The van der Waals surface area contributed by atoms with E-state index >= 15 is 0 Å². The van der Waals surface area contributed by atoms with Crippen molar-refractivity contribution in [3.63, 3.8) is 0 Å². The van der Waals surface area contributed by atoms with Gasteiger partial charge in [-0.05, 0) is 66.9 Å². The lowest BCUT2D eigenvalue weighted by atomic mass is 10.0. The van der Waals surface area contributed by atoms with Crippen LogP contribution in [0.1, 0.15) is 37.4 Å². The van der Waals surface area contributed by atoms with E-state index in [0.717, 1.165) is 23.1 Å². The number of hydrogen-bond donors (Lipinski definition) is 1. The van der Waals surface area contributed by atoms with Crippen LogP contribution in [0.5, 0.6) is 0 Å². The van der Waals surface area contributed by atoms with Crippen molar-refractivity contribution in [2.75, 3.05) is 26.8 Å². The molecule has 0 bridgehead atoms. The summed E-state index contributed by atoms with van der Waals surface area (Å²) in [5.41, 5.74) is 3.78. The molecule has 1 N–H and O–H groups in total. The third kappa shape index (κ3) is 7.11. The minimum Gasteiger partial charge on any atom is -0.465 e. The molecule has 0 spiro atoms. The monoisotopic (exact) mass is 417 g/mol. The van der Waals surface area contributed by atoms with Crippen LogP contribution in [0.25, 0.3) is 6.08 Å². The first kappa shape index (κ1) is 23.3. The summed E-state index contributed by atoms with van der Waals surface area (Å²) in [6.07, 6.45) is 2.37. The summed E-state index contributed by atoms with van der Waals surface area (Å²) in [5, 5.41) is 20.9. The molecule has 0 atom stereocenters. The third-order valence-electron chi connectivity index (χ3n) is 4.52. The number of methoxy groups -OCH3 is 1. The average molecular weight is 417 g/mol. The van der Waals surface area contributed by atoms with Crippen LogP contribution in [0.2, 0.25) is 0 Å². The van der Waals surface area contributed by atoms with E-state index in [1.807, 2.05) is 37.3 Å². The van der Waals surface area contributed by atoms with Crippen LogP contribution in [-0.2, 0) is 15.9 Å². The summed E-state index contributed by atoms with van der Waals surface area (Å²) in [7, 11) is 1.30. The lowest BCUT2D eigenvalue weighted by Crippen LogP contribution is -2.23. The molecule has 0 heterocycles. The number of benzene rings is 2. The normalized spacial score (nSPS) is 9.81. The van der Waals surface area contributed by atoms with E-state index in [1.165, 1.54) is 31.4 Å². The Morgan fingerprint density at radius 1 is 1.00 bits per heavy atom. The standard InChI is InChI=1S/C24H23N3O4/c1-17-13-18(3-4-22(17)14-19(15-25)16-26)9-10-27-11-12-31-24(29)21-7-5-20(6-8-21)23(28)30-2/h3-8,13-14,27H,9-12H2,1-2H3. The fourth-order valence-electron chi connectivity index (χ4n) is 2.82. The van der Waals surface area contributed by atoms with Gasteiger partial charge in [0.25, 0.3) is 0 Å². The molecule has 0 unspecified atom stereocenters. The highest BCUT2D eigenvalue weighted by Crippen LogP contribution is 2.15. The Labute approximate surface area is 181 Å². The molecule has 0 aliphatic carbocycles. The molecule has 158 valence electrons. The molecular weight excluding hydrogens is 394 g/mol. The van der Waals surface area contributed by atoms with Crippen molar-refractivity contribution in [3.8, 4) is 12.1 Å². The topological polar surface area (TPSA) is 112 Å². The number of ether oxygens (including phenoxy) is 2. The minimum atomic E-state index is -0.459. The number of hydrogen-bond acceptors (Lipinski definition) is 7. The van der Waals surface area contributed by atoms with Crippen LogP contribution < -0.4 is 5.32 Å². The molecular formula is C24H23N3O4. The molecule has 7 nitrogen and oxygen atoms in total. The molecule has 31 heavy (non-hydrogen) atoms. The predicted octanol–water partition coefficient (Wildman–Crippen LogP) is 3.20. The molecule has 0 saturated heterocycles. The molecule has 7 heteroatoms. The van der Waals surface area contributed by atoms with Crippen molar-refractivity contribution in [1.29, 1.82) is 10.5 Å². The van der Waals surface area contributed by atoms with Gasteiger partial charge in [-0.3, -0.25) is 0 Å². The molecule has 0 aliphatic heterocycles. The van der Waals surface area contributed by atoms with Gasteiger partial charge >= 0.3 is 11.9 Å². The third-order valence-corrected chi connectivity index (χ3v) is 4.52. The minimum absolute atomic E-state index is 0.0754. The Kier molecular flexibility index (Phi) is 8.97. The van der Waals surface area contributed by atoms with Gasteiger partial charge in [0.05, 0.1) is 18.2 Å². The summed E-state index contributed by atoms with van der Waals surface area (Å²) in [6.45, 7) is 3.39. The number of rotatable bonds is 9. The van der Waals surface area contributed by atoms with E-state index in [-0.39, 0.29) is 12.2 Å². The van der Waals surface area contributed by atoms with E-state index in [0.29, 0.717) is 24.2 Å². The van der Waals surface area contributed by atoms with E-state index < -0.39 is 11.9 Å². The van der Waals surface area contributed by atoms with E-state index in [4.69, 9.17) is 15.3 Å². The van der Waals surface area contributed by atoms with E-state index in [9.17, 15) is 9.59 Å². The molecule has 0 saturated carbocycles. The fraction of sp³-hybridized carbons (Fsp3) is 0.250. The summed E-state index contributed by atoms with van der Waals surface area (Å²) in [6, 6.07) is 15.7. The molecule has 0 aromatic heterocycles. The van der Waals surface area contributed by atoms with Gasteiger partial charge in [0.15, 0.2) is 0 Å². The Morgan fingerprint density at radius 2 is 1.65 bits per heavy atom. The molecule has 0 radical (unpaired) electrons. The number of nitrogens with one attached hydrogen (secondary N) is 1. The highest BCUT2D eigenvalue weighted by atomic mass is 16.5. The maximum absolute atomic E-state index is 12.0. The maximum atomic E-state index is 12.0. The van der Waals surface area contributed by atoms with Gasteiger partial charge < -0.3 is 14.8 Å². The lowest BCUT2D eigenvalue weighted by Gasteiger charge is -2.08. The van der Waals surface area contributed by atoms with Crippen LogP contribution in [0.3, 0.4) is 0 Å². The van der Waals surface area contributed by atoms with Crippen LogP contribution in [0.4, 0.5) is 0 Å². The van der Waals surface area contributed by atoms with Gasteiger partial charge in [-0.2, -0.15) is 10.5 Å². The largest absolute Gasteiger partial charge is 0.465 e. The second-order valence-electron chi connectivity index (χ2n) is 6.68. The van der Waals surface area contributed by atoms with Crippen molar-refractivity contribution >= 4 is 18.0 Å². The van der Waals surface area contributed by atoms with E-state index in [1.54, 1.807) is 6.08 Å². The molecule has 2 rings (SSSR count). The number of nitriles is 2. The Bertz CT molecular complexity index is 1030. The molecule has 0 amide bonds. The number of allylic oxidation sites excluding steroid dienone is 1. The molecule has 2 aromatic carbocycles. The van der Waals surface area contributed by atoms with Crippen LogP contribution in [-0.4, -0.2) is 38.7 Å². The van der Waals surface area contributed by atoms with Crippen LogP contribution in [0, 0.1) is 29.6 Å². The van der Waals surface area contributed by atoms with Gasteiger partial charge in [0.1, 0.15) is 24.3 Å². The first-order valence-corrected chi connectivity index (χ1v) is 9.66. The van der Waals surface area contributed by atoms with Gasteiger partial charge in [0, 0.05) is 6.54 Å². The van der Waals surface area contributed by atoms with E-state index in [2.05, 4.69) is 10.1 Å². The maximum Gasteiger partial charge on any atom is 0.338 e. The van der Waals surface area contributed by atoms with Crippen molar-refractivity contribution in [1.82, 2.24) is 5.32 Å². The number of aryl methyl sites for hydroxylation is 1. The predicted molar refractivity (Wildman–Crippen MR) is 115 cm³/mol. The Morgan fingerprint density at radius 3 is 2.23 bits per heavy atom. The van der Waals surface area contributed by atoms with Crippen molar-refractivity contribution in [3.05, 3.63) is 75.9 Å². The highest BCUT2D eigenvalue weighted by Gasteiger charge is 2.09. The van der Waals surface area contributed by atoms with Gasteiger partial charge in [-0.15, -0.1) is 0 Å². The SMILES string of the molecule is COC(=O)c1ccc(C(=O)OCCNCCc2ccc(C=C(C#N)C#N)c(C)c2)cc1.